The normalized spacial score (nSPS) is 10.1. The van der Waals surface area contributed by atoms with Crippen molar-refractivity contribution in [1.82, 2.24) is 4.98 Å². The molecule has 2 rings (SSSR count). The van der Waals surface area contributed by atoms with E-state index in [-0.39, 0.29) is 0 Å². The lowest BCUT2D eigenvalue weighted by molar-refractivity contribution is 0.405. The van der Waals surface area contributed by atoms with E-state index in [2.05, 4.69) is 10.3 Å². The monoisotopic (exact) mass is 270 g/mol. The minimum atomic E-state index is 0.495. The zero-order valence-electron chi connectivity index (χ0n) is 9.36. The minimum Gasteiger partial charge on any atom is -0.497 e. The van der Waals surface area contributed by atoms with Crippen LogP contribution in [-0.2, 0) is 0 Å². The number of nitrogens with one attached hydrogen (secondary N) is 1. The lowest BCUT2D eigenvalue weighted by atomic mass is 10.2. The molecule has 1 aromatic carbocycles. The first kappa shape index (κ1) is 12.0. The molecule has 0 radical (unpaired) electrons. The second-order valence-corrected chi connectivity index (χ2v) is 4.78. The Morgan fingerprint density at radius 1 is 1.29 bits per heavy atom. The van der Waals surface area contributed by atoms with Crippen LogP contribution in [0, 0.1) is 0 Å². The Bertz CT molecular complexity index is 516. The third-order valence-electron chi connectivity index (χ3n) is 2.14. The fourth-order valence-corrected chi connectivity index (χ4v) is 2.21. The zero-order chi connectivity index (χ0) is 12.3. The third kappa shape index (κ3) is 2.81. The summed E-state index contributed by atoms with van der Waals surface area (Å²) in [6.07, 6.45) is 1.67. The average molecular weight is 271 g/mol. The van der Waals surface area contributed by atoms with Crippen molar-refractivity contribution >= 4 is 33.6 Å². The molecule has 1 N–H and O–H groups in total. The molecule has 2 aromatic rings. The van der Waals surface area contributed by atoms with Crippen LogP contribution in [0.5, 0.6) is 11.5 Å². The predicted octanol–water partition coefficient (Wildman–Crippen LogP) is 3.56. The van der Waals surface area contributed by atoms with Gasteiger partial charge in [0.05, 0.1) is 26.1 Å². The van der Waals surface area contributed by atoms with E-state index in [1.54, 1.807) is 20.4 Å². The molecule has 0 atom stereocenters. The first-order valence-electron chi connectivity index (χ1n) is 4.83. The molecule has 0 aliphatic heterocycles. The maximum Gasteiger partial charge on any atom is 0.185 e. The first-order chi connectivity index (χ1) is 8.22. The topological polar surface area (TPSA) is 43.4 Å². The highest BCUT2D eigenvalue weighted by Crippen LogP contribution is 2.33. The maximum atomic E-state index is 5.77. The van der Waals surface area contributed by atoms with Crippen molar-refractivity contribution in [2.45, 2.75) is 0 Å². The van der Waals surface area contributed by atoms with Gasteiger partial charge in [-0.05, 0) is 12.1 Å². The van der Waals surface area contributed by atoms with Crippen molar-refractivity contribution in [3.8, 4) is 11.5 Å². The fourth-order valence-electron chi connectivity index (χ4n) is 1.36. The fraction of sp³-hybridized carbons (Fsp3) is 0.182. The SMILES string of the molecule is COc1ccc(OC)c(Nc2cnc(Cl)s2)c1. The summed E-state index contributed by atoms with van der Waals surface area (Å²) in [5.74, 6) is 1.49. The molecule has 0 aliphatic carbocycles. The zero-order valence-corrected chi connectivity index (χ0v) is 10.9. The second-order valence-electron chi connectivity index (χ2n) is 3.17. The lowest BCUT2D eigenvalue weighted by Gasteiger charge is -2.10. The van der Waals surface area contributed by atoms with Gasteiger partial charge in [0.15, 0.2) is 4.47 Å². The van der Waals surface area contributed by atoms with Crippen molar-refractivity contribution in [3.63, 3.8) is 0 Å². The maximum absolute atomic E-state index is 5.77. The number of anilines is 2. The summed E-state index contributed by atoms with van der Waals surface area (Å²) in [6, 6.07) is 5.53. The Balaban J connectivity index is 2.29. The Morgan fingerprint density at radius 3 is 2.71 bits per heavy atom. The van der Waals surface area contributed by atoms with Crippen molar-refractivity contribution in [2.75, 3.05) is 19.5 Å². The van der Waals surface area contributed by atoms with E-state index in [9.17, 15) is 0 Å². The third-order valence-corrected chi connectivity index (χ3v) is 3.17. The van der Waals surface area contributed by atoms with E-state index in [4.69, 9.17) is 21.1 Å². The van der Waals surface area contributed by atoms with Crippen molar-refractivity contribution < 1.29 is 9.47 Å². The van der Waals surface area contributed by atoms with Gasteiger partial charge in [0.2, 0.25) is 0 Å². The Kier molecular flexibility index (Phi) is 3.71. The summed E-state index contributed by atoms with van der Waals surface area (Å²) >= 11 is 7.13. The number of hydrogen-bond acceptors (Lipinski definition) is 5. The number of methoxy groups -OCH3 is 2. The van der Waals surface area contributed by atoms with Gasteiger partial charge in [-0.15, -0.1) is 0 Å². The number of rotatable bonds is 4. The molecule has 90 valence electrons. The minimum absolute atomic E-state index is 0.495. The summed E-state index contributed by atoms with van der Waals surface area (Å²) in [4.78, 5) is 3.96. The number of thiazole rings is 1. The molecule has 0 fully saturated rings. The Labute approximate surface area is 108 Å². The van der Waals surface area contributed by atoms with Gasteiger partial charge in [0.25, 0.3) is 0 Å². The molecule has 1 heterocycles. The van der Waals surface area contributed by atoms with Crippen LogP contribution in [-0.4, -0.2) is 19.2 Å². The number of halogens is 1. The molecule has 17 heavy (non-hydrogen) atoms. The van der Waals surface area contributed by atoms with E-state index in [0.717, 1.165) is 22.2 Å². The van der Waals surface area contributed by atoms with Crippen LogP contribution >= 0.6 is 22.9 Å². The Hall–Kier alpha value is -1.46. The van der Waals surface area contributed by atoms with Gasteiger partial charge in [-0.2, -0.15) is 0 Å². The standard InChI is InChI=1S/C11H11ClN2O2S/c1-15-7-3-4-9(16-2)8(5-7)14-10-6-13-11(12)17-10/h3-6,14H,1-2H3. The molecule has 0 unspecified atom stereocenters. The summed E-state index contributed by atoms with van der Waals surface area (Å²) in [5, 5.41) is 4.03. The molecule has 0 bridgehead atoms. The molecular weight excluding hydrogens is 260 g/mol. The van der Waals surface area contributed by atoms with Gasteiger partial charge < -0.3 is 14.8 Å². The largest absolute Gasteiger partial charge is 0.497 e. The van der Waals surface area contributed by atoms with Gasteiger partial charge in [0.1, 0.15) is 16.5 Å². The highest BCUT2D eigenvalue weighted by molar-refractivity contribution is 7.19. The van der Waals surface area contributed by atoms with Crippen LogP contribution < -0.4 is 14.8 Å². The van der Waals surface area contributed by atoms with Gasteiger partial charge in [-0.25, -0.2) is 4.98 Å². The van der Waals surface area contributed by atoms with E-state index in [0.29, 0.717) is 4.47 Å². The highest BCUT2D eigenvalue weighted by atomic mass is 35.5. The van der Waals surface area contributed by atoms with Crippen LogP contribution in [0.4, 0.5) is 10.7 Å². The summed E-state index contributed by atoms with van der Waals surface area (Å²) in [5.41, 5.74) is 0.812. The average Bonchev–Trinajstić information content (AvgIpc) is 2.74. The smallest absolute Gasteiger partial charge is 0.185 e. The molecule has 6 heteroatoms. The number of ether oxygens (including phenoxy) is 2. The van der Waals surface area contributed by atoms with E-state index in [1.807, 2.05) is 18.2 Å². The van der Waals surface area contributed by atoms with Crippen LogP contribution in [0.25, 0.3) is 0 Å². The van der Waals surface area contributed by atoms with Gasteiger partial charge in [0, 0.05) is 6.07 Å². The predicted molar refractivity (Wildman–Crippen MR) is 70.0 cm³/mol. The van der Waals surface area contributed by atoms with E-state index >= 15 is 0 Å². The lowest BCUT2D eigenvalue weighted by Crippen LogP contribution is -1.94. The highest BCUT2D eigenvalue weighted by Gasteiger charge is 2.07. The second kappa shape index (κ2) is 5.25. The van der Waals surface area contributed by atoms with Gasteiger partial charge in [-0.1, -0.05) is 22.9 Å². The van der Waals surface area contributed by atoms with Crippen molar-refractivity contribution in [3.05, 3.63) is 28.9 Å². The van der Waals surface area contributed by atoms with Crippen LogP contribution in [0.3, 0.4) is 0 Å². The molecule has 0 amide bonds. The summed E-state index contributed by atoms with van der Waals surface area (Å²) < 4.78 is 10.9. The number of nitrogens with zero attached hydrogens (tertiary/aromatic N) is 1. The number of hydrogen-bond donors (Lipinski definition) is 1. The van der Waals surface area contributed by atoms with Crippen LogP contribution in [0.2, 0.25) is 4.47 Å². The van der Waals surface area contributed by atoms with Crippen molar-refractivity contribution in [1.29, 1.82) is 0 Å². The Morgan fingerprint density at radius 2 is 2.12 bits per heavy atom. The molecule has 1 aromatic heterocycles. The number of benzene rings is 1. The van der Waals surface area contributed by atoms with E-state index in [1.165, 1.54) is 11.3 Å². The molecule has 0 aliphatic rings. The van der Waals surface area contributed by atoms with Gasteiger partial charge in [-0.3, -0.25) is 0 Å². The van der Waals surface area contributed by atoms with Crippen LogP contribution in [0.1, 0.15) is 0 Å². The van der Waals surface area contributed by atoms with Gasteiger partial charge >= 0.3 is 0 Å². The number of aromatic nitrogens is 1. The van der Waals surface area contributed by atoms with E-state index < -0.39 is 0 Å². The van der Waals surface area contributed by atoms with Crippen molar-refractivity contribution in [2.24, 2.45) is 0 Å². The summed E-state index contributed by atoms with van der Waals surface area (Å²) in [7, 11) is 3.24. The molecule has 0 spiro atoms. The molecule has 0 saturated carbocycles. The quantitative estimate of drug-likeness (QED) is 0.923. The molecular formula is C11H11ClN2O2S. The molecule has 0 saturated heterocycles. The first-order valence-corrected chi connectivity index (χ1v) is 6.02. The van der Waals surface area contributed by atoms with Crippen LogP contribution in [0.15, 0.2) is 24.4 Å². The summed E-state index contributed by atoms with van der Waals surface area (Å²) in [6.45, 7) is 0. The molecule has 4 nitrogen and oxygen atoms in total.